The van der Waals surface area contributed by atoms with Gasteiger partial charge in [-0.3, -0.25) is 9.59 Å². The number of carbonyl (C=O) groups excluding carboxylic acids is 3. The molecule has 0 aliphatic carbocycles. The molecule has 8 heteroatoms. The highest BCUT2D eigenvalue weighted by Crippen LogP contribution is 2.37. The predicted molar refractivity (Wildman–Crippen MR) is 105 cm³/mol. The molecule has 7 nitrogen and oxygen atoms in total. The van der Waals surface area contributed by atoms with Gasteiger partial charge in [-0.2, -0.15) is 0 Å². The van der Waals surface area contributed by atoms with Crippen molar-refractivity contribution in [3.05, 3.63) is 53.3 Å². The number of carbonyl (C=O) groups is 3. The van der Waals surface area contributed by atoms with E-state index in [0.29, 0.717) is 5.69 Å². The number of nitrogens with zero attached hydrogens (tertiary/aromatic N) is 1. The molecule has 0 radical (unpaired) electrons. The highest BCUT2D eigenvalue weighted by atomic mass is 19.1. The summed E-state index contributed by atoms with van der Waals surface area (Å²) in [6.07, 6.45) is 1.75. The Hall–Kier alpha value is -3.42. The van der Waals surface area contributed by atoms with Gasteiger partial charge in [-0.05, 0) is 55.7 Å². The first kappa shape index (κ1) is 18.9. The third-order valence-corrected chi connectivity index (χ3v) is 5.09. The molecule has 0 saturated carbocycles. The summed E-state index contributed by atoms with van der Waals surface area (Å²) in [5.74, 6) is -1.99. The molecular formula is C21H20FN3O4. The summed E-state index contributed by atoms with van der Waals surface area (Å²) >= 11 is 0. The van der Waals surface area contributed by atoms with Crippen LogP contribution < -0.4 is 15.5 Å². The van der Waals surface area contributed by atoms with E-state index >= 15 is 0 Å². The van der Waals surface area contributed by atoms with Gasteiger partial charge in [0.15, 0.2) is 6.61 Å². The molecule has 1 fully saturated rings. The Bertz CT molecular complexity index is 1010. The van der Waals surface area contributed by atoms with Gasteiger partial charge in [0.05, 0.1) is 22.6 Å². The molecule has 0 bridgehead atoms. The zero-order chi connectivity index (χ0) is 20.5. The summed E-state index contributed by atoms with van der Waals surface area (Å²) in [4.78, 5) is 38.5. The molecule has 4 rings (SSSR count). The number of fused-ring (bicyclic) bond motifs is 3. The van der Waals surface area contributed by atoms with E-state index in [9.17, 15) is 18.8 Å². The van der Waals surface area contributed by atoms with E-state index in [0.717, 1.165) is 30.6 Å². The molecule has 2 heterocycles. The summed E-state index contributed by atoms with van der Waals surface area (Å²) in [5, 5.41) is 5.20. The Morgan fingerprint density at radius 1 is 1.28 bits per heavy atom. The van der Waals surface area contributed by atoms with E-state index in [-0.39, 0.29) is 23.2 Å². The number of amides is 2. The van der Waals surface area contributed by atoms with Crippen molar-refractivity contribution in [2.45, 2.75) is 25.8 Å². The molecule has 2 aromatic rings. The van der Waals surface area contributed by atoms with Crippen LogP contribution in [0.25, 0.3) is 0 Å². The quantitative estimate of drug-likeness (QED) is 0.775. The van der Waals surface area contributed by atoms with E-state index in [4.69, 9.17) is 4.74 Å². The Morgan fingerprint density at radius 3 is 2.90 bits per heavy atom. The normalized spacial score (nSPS) is 17.2. The number of ether oxygens (including phenoxy) is 1. The van der Waals surface area contributed by atoms with Gasteiger partial charge in [-0.25, -0.2) is 9.18 Å². The minimum atomic E-state index is -0.704. The Balaban J connectivity index is 1.39. The number of nitrogens with one attached hydrogen (secondary N) is 2. The van der Waals surface area contributed by atoms with Crippen molar-refractivity contribution in [1.82, 2.24) is 0 Å². The van der Waals surface area contributed by atoms with Gasteiger partial charge < -0.3 is 20.3 Å². The maximum absolute atomic E-state index is 13.8. The number of esters is 1. The standard InChI is InChI=1S/C21H20FN3O4/c1-12-4-6-15(14(22)9-12)23-19(26)11-29-21(28)13-5-7-17-16(10-13)24-20(27)18-3-2-8-25(17)18/h4-7,9-10,18H,2-3,8,11H2,1H3,(H,23,26)(H,24,27)/t18-/m1/s1. The largest absolute Gasteiger partial charge is 0.452 e. The molecule has 1 atom stereocenters. The Labute approximate surface area is 166 Å². The van der Waals surface area contributed by atoms with Crippen LogP contribution in [-0.4, -0.2) is 37.0 Å². The lowest BCUT2D eigenvalue weighted by molar-refractivity contribution is -0.119. The van der Waals surface area contributed by atoms with Crippen molar-refractivity contribution in [2.24, 2.45) is 0 Å². The second-order valence-electron chi connectivity index (χ2n) is 7.18. The second-order valence-corrected chi connectivity index (χ2v) is 7.18. The van der Waals surface area contributed by atoms with Crippen LogP contribution in [0.1, 0.15) is 28.8 Å². The number of hydrogen-bond acceptors (Lipinski definition) is 5. The minimum absolute atomic E-state index is 0.0216. The van der Waals surface area contributed by atoms with Gasteiger partial charge in [0.25, 0.3) is 5.91 Å². The van der Waals surface area contributed by atoms with Crippen LogP contribution in [0.2, 0.25) is 0 Å². The number of aryl methyl sites for hydroxylation is 1. The summed E-state index contributed by atoms with van der Waals surface area (Å²) in [7, 11) is 0. The fraction of sp³-hybridized carbons (Fsp3) is 0.286. The highest BCUT2D eigenvalue weighted by molar-refractivity contribution is 6.05. The average Bonchev–Trinajstić information content (AvgIpc) is 3.19. The lowest BCUT2D eigenvalue weighted by Gasteiger charge is -2.33. The predicted octanol–water partition coefficient (Wildman–Crippen LogP) is 2.85. The maximum atomic E-state index is 13.8. The SMILES string of the molecule is Cc1ccc(NC(=O)COC(=O)c2ccc3c(c2)NC(=O)[C@H]2CCCN32)c(F)c1. The topological polar surface area (TPSA) is 87.7 Å². The Morgan fingerprint density at radius 2 is 2.10 bits per heavy atom. The molecule has 2 aliphatic heterocycles. The van der Waals surface area contributed by atoms with Crippen LogP contribution >= 0.6 is 0 Å². The first-order chi connectivity index (χ1) is 13.9. The number of anilines is 3. The smallest absolute Gasteiger partial charge is 0.338 e. The molecule has 1 saturated heterocycles. The van der Waals surface area contributed by atoms with Crippen molar-refractivity contribution < 1.29 is 23.5 Å². The van der Waals surface area contributed by atoms with Gasteiger partial charge in [0.1, 0.15) is 11.9 Å². The van der Waals surface area contributed by atoms with Crippen LogP contribution in [0.15, 0.2) is 36.4 Å². The first-order valence-electron chi connectivity index (χ1n) is 9.37. The maximum Gasteiger partial charge on any atom is 0.338 e. The number of hydrogen-bond donors (Lipinski definition) is 2. The van der Waals surface area contributed by atoms with Gasteiger partial charge in [-0.1, -0.05) is 6.07 Å². The summed E-state index contributed by atoms with van der Waals surface area (Å²) < 4.78 is 18.8. The Kier molecular flexibility index (Phi) is 4.92. The third kappa shape index (κ3) is 3.78. The van der Waals surface area contributed by atoms with Crippen molar-refractivity contribution in [1.29, 1.82) is 0 Å². The van der Waals surface area contributed by atoms with Crippen molar-refractivity contribution in [3.8, 4) is 0 Å². The fourth-order valence-corrected chi connectivity index (χ4v) is 3.68. The van der Waals surface area contributed by atoms with Gasteiger partial charge in [-0.15, -0.1) is 0 Å². The molecule has 0 unspecified atom stereocenters. The number of halogens is 1. The molecule has 2 N–H and O–H groups in total. The van der Waals surface area contributed by atoms with E-state index in [1.807, 2.05) is 4.90 Å². The number of rotatable bonds is 4. The van der Waals surface area contributed by atoms with E-state index in [1.165, 1.54) is 12.1 Å². The molecule has 0 spiro atoms. The van der Waals surface area contributed by atoms with Crippen LogP contribution in [0, 0.1) is 12.7 Å². The summed E-state index contributed by atoms with van der Waals surface area (Å²) in [6.45, 7) is 1.98. The molecule has 150 valence electrons. The van der Waals surface area contributed by atoms with Crippen LogP contribution in [0.3, 0.4) is 0 Å². The third-order valence-electron chi connectivity index (χ3n) is 5.09. The lowest BCUT2D eigenvalue weighted by atomic mass is 10.1. The second kappa shape index (κ2) is 7.54. The van der Waals surface area contributed by atoms with Crippen molar-refractivity contribution in [3.63, 3.8) is 0 Å². The van der Waals surface area contributed by atoms with Gasteiger partial charge in [0, 0.05) is 6.54 Å². The molecule has 2 aliphatic rings. The van der Waals surface area contributed by atoms with Crippen molar-refractivity contribution in [2.75, 3.05) is 28.7 Å². The van der Waals surface area contributed by atoms with E-state index < -0.39 is 24.3 Å². The highest BCUT2D eigenvalue weighted by Gasteiger charge is 2.36. The molecule has 0 aromatic heterocycles. The fourth-order valence-electron chi connectivity index (χ4n) is 3.68. The van der Waals surface area contributed by atoms with Gasteiger partial charge in [0.2, 0.25) is 5.91 Å². The molecule has 29 heavy (non-hydrogen) atoms. The minimum Gasteiger partial charge on any atom is -0.452 e. The first-order valence-corrected chi connectivity index (χ1v) is 9.37. The summed E-state index contributed by atoms with van der Waals surface area (Å²) in [6, 6.07) is 9.16. The van der Waals surface area contributed by atoms with E-state index in [2.05, 4.69) is 10.6 Å². The molecular weight excluding hydrogens is 377 g/mol. The van der Waals surface area contributed by atoms with Crippen LogP contribution in [0.4, 0.5) is 21.5 Å². The summed E-state index contributed by atoms with van der Waals surface area (Å²) in [5.41, 5.74) is 2.39. The molecule has 2 amide bonds. The molecule has 2 aromatic carbocycles. The van der Waals surface area contributed by atoms with Crippen LogP contribution in [-0.2, 0) is 14.3 Å². The zero-order valence-corrected chi connectivity index (χ0v) is 15.8. The van der Waals surface area contributed by atoms with Crippen molar-refractivity contribution >= 4 is 34.8 Å². The van der Waals surface area contributed by atoms with Crippen LogP contribution in [0.5, 0.6) is 0 Å². The lowest BCUT2D eigenvalue weighted by Crippen LogP contribution is -2.43. The number of benzene rings is 2. The monoisotopic (exact) mass is 397 g/mol. The zero-order valence-electron chi connectivity index (χ0n) is 15.8. The van der Waals surface area contributed by atoms with Gasteiger partial charge >= 0.3 is 5.97 Å². The van der Waals surface area contributed by atoms with E-state index in [1.54, 1.807) is 31.2 Å². The average molecular weight is 397 g/mol.